The van der Waals surface area contributed by atoms with Gasteiger partial charge in [0.2, 0.25) is 5.91 Å². The third-order valence-corrected chi connectivity index (χ3v) is 14.1. The molecule has 0 aliphatic carbocycles. The number of ether oxygens (including phenoxy) is 1. The molecule has 6 nitrogen and oxygen atoms in total. The van der Waals surface area contributed by atoms with Gasteiger partial charge in [0.15, 0.2) is 0 Å². The highest BCUT2D eigenvalue weighted by Crippen LogP contribution is 2.18. The fourth-order valence-corrected chi connectivity index (χ4v) is 9.46. The minimum absolute atomic E-state index is 0.0177. The summed E-state index contributed by atoms with van der Waals surface area (Å²) in [6.45, 7) is 4.91. The maximum absolute atomic E-state index is 12.4. The van der Waals surface area contributed by atoms with Gasteiger partial charge in [0.05, 0.1) is 25.4 Å². The maximum Gasteiger partial charge on any atom is 0.305 e. The number of esters is 1. The van der Waals surface area contributed by atoms with Crippen molar-refractivity contribution in [1.82, 2.24) is 5.32 Å². The van der Waals surface area contributed by atoms with Crippen LogP contribution >= 0.6 is 0 Å². The number of hydrogen-bond donors (Lipinski definition) is 3. The molecule has 66 heavy (non-hydrogen) atoms. The smallest absolute Gasteiger partial charge is 0.305 e. The molecule has 0 saturated carbocycles. The van der Waals surface area contributed by atoms with Gasteiger partial charge in [-0.15, -0.1) is 0 Å². The van der Waals surface area contributed by atoms with Crippen LogP contribution in [0, 0.1) is 0 Å². The quantitative estimate of drug-likeness (QED) is 0.0321. The minimum atomic E-state index is -0.841. The van der Waals surface area contributed by atoms with Crippen LogP contribution in [0.5, 0.6) is 0 Å². The van der Waals surface area contributed by atoms with Gasteiger partial charge in [-0.25, -0.2) is 0 Å². The summed E-state index contributed by atoms with van der Waals surface area (Å²) >= 11 is 0. The predicted molar refractivity (Wildman–Crippen MR) is 287 cm³/mol. The number of unbranched alkanes of at least 4 members (excludes halogenated alkanes) is 45. The van der Waals surface area contributed by atoms with Gasteiger partial charge in [0, 0.05) is 12.8 Å². The average Bonchev–Trinajstić information content (AvgIpc) is 3.32. The maximum atomic E-state index is 12.4. The molecule has 0 aliphatic rings. The fourth-order valence-electron chi connectivity index (χ4n) is 9.46. The first kappa shape index (κ1) is 64.6. The van der Waals surface area contributed by atoms with Gasteiger partial charge in [-0.1, -0.05) is 302 Å². The lowest BCUT2D eigenvalue weighted by molar-refractivity contribution is -0.143. The van der Waals surface area contributed by atoms with Crippen LogP contribution in [0.2, 0.25) is 0 Å². The van der Waals surface area contributed by atoms with E-state index in [1.165, 1.54) is 270 Å². The molecule has 0 saturated heterocycles. The largest absolute Gasteiger partial charge is 0.466 e. The van der Waals surface area contributed by atoms with E-state index in [0.717, 1.165) is 38.5 Å². The molecule has 0 aromatic carbocycles. The van der Waals surface area contributed by atoms with Crippen LogP contribution in [0.4, 0.5) is 0 Å². The number of aliphatic hydroxyl groups is 2. The summed E-state index contributed by atoms with van der Waals surface area (Å²) in [4.78, 5) is 24.5. The van der Waals surface area contributed by atoms with Crippen molar-refractivity contribution in [2.24, 2.45) is 0 Å². The van der Waals surface area contributed by atoms with Gasteiger partial charge in [0.25, 0.3) is 0 Å². The lowest BCUT2D eigenvalue weighted by Crippen LogP contribution is -2.45. The van der Waals surface area contributed by atoms with E-state index in [1.807, 2.05) is 6.08 Å². The molecule has 1 amide bonds. The van der Waals surface area contributed by atoms with Crippen LogP contribution in [0.15, 0.2) is 12.2 Å². The Morgan fingerprint density at radius 2 is 0.697 bits per heavy atom. The second-order valence-electron chi connectivity index (χ2n) is 20.7. The molecular formula is C60H117NO5. The molecule has 0 fully saturated rings. The van der Waals surface area contributed by atoms with Crippen molar-refractivity contribution in [2.45, 2.75) is 347 Å². The van der Waals surface area contributed by atoms with E-state index in [-0.39, 0.29) is 18.5 Å². The highest BCUT2D eigenvalue weighted by atomic mass is 16.5. The van der Waals surface area contributed by atoms with E-state index in [1.54, 1.807) is 6.08 Å². The van der Waals surface area contributed by atoms with Crippen LogP contribution < -0.4 is 5.32 Å². The van der Waals surface area contributed by atoms with Crippen LogP contribution in [0.25, 0.3) is 0 Å². The molecule has 2 unspecified atom stereocenters. The highest BCUT2D eigenvalue weighted by Gasteiger charge is 2.18. The lowest BCUT2D eigenvalue weighted by Gasteiger charge is -2.20. The second-order valence-corrected chi connectivity index (χ2v) is 20.7. The first-order valence-electron chi connectivity index (χ1n) is 30.0. The number of aliphatic hydroxyl groups excluding tert-OH is 2. The highest BCUT2D eigenvalue weighted by molar-refractivity contribution is 5.76. The Hall–Kier alpha value is -1.40. The van der Waals surface area contributed by atoms with E-state index >= 15 is 0 Å². The number of carbonyl (C=O) groups excluding carboxylic acids is 2. The van der Waals surface area contributed by atoms with E-state index in [4.69, 9.17) is 4.74 Å². The molecule has 0 heterocycles. The molecule has 3 N–H and O–H groups in total. The number of carbonyl (C=O) groups is 2. The SMILES string of the molecule is CCCCCCCCCC/C=C/C(O)C(CO)NC(=O)CCCCCCCCCCCCCCCCCCCCCCCCCOC(=O)CCCCCCCCCCCCCCCCCC. The molecule has 0 aromatic rings. The lowest BCUT2D eigenvalue weighted by atomic mass is 10.0. The van der Waals surface area contributed by atoms with Crippen molar-refractivity contribution >= 4 is 11.9 Å². The van der Waals surface area contributed by atoms with Gasteiger partial charge >= 0.3 is 5.97 Å². The summed E-state index contributed by atoms with van der Waals surface area (Å²) in [5.41, 5.74) is 0. The zero-order valence-electron chi connectivity index (χ0n) is 44.7. The molecule has 6 heteroatoms. The van der Waals surface area contributed by atoms with Gasteiger partial charge in [-0.2, -0.15) is 0 Å². The normalized spacial score (nSPS) is 12.6. The van der Waals surface area contributed by atoms with Crippen LogP contribution in [-0.2, 0) is 14.3 Å². The number of rotatable bonds is 56. The number of amides is 1. The number of nitrogens with one attached hydrogen (secondary N) is 1. The zero-order valence-corrected chi connectivity index (χ0v) is 44.7. The molecule has 0 spiro atoms. The molecule has 0 radical (unpaired) electrons. The molecule has 392 valence electrons. The monoisotopic (exact) mass is 932 g/mol. The van der Waals surface area contributed by atoms with Crippen molar-refractivity contribution in [3.05, 3.63) is 12.2 Å². The number of allylic oxidation sites excluding steroid dienone is 1. The zero-order chi connectivity index (χ0) is 47.9. The summed E-state index contributed by atoms with van der Waals surface area (Å²) < 4.78 is 5.49. The first-order valence-corrected chi connectivity index (χ1v) is 30.0. The summed E-state index contributed by atoms with van der Waals surface area (Å²) in [6, 6.07) is -0.624. The van der Waals surface area contributed by atoms with Gasteiger partial charge in [0.1, 0.15) is 0 Å². The molecular weight excluding hydrogens is 815 g/mol. The van der Waals surface area contributed by atoms with Crippen LogP contribution in [0.3, 0.4) is 0 Å². The fraction of sp³-hybridized carbons (Fsp3) is 0.933. The van der Waals surface area contributed by atoms with E-state index < -0.39 is 12.1 Å². The Kier molecular flexibility index (Phi) is 55.0. The second kappa shape index (κ2) is 56.2. The van der Waals surface area contributed by atoms with Gasteiger partial charge < -0.3 is 20.3 Å². The number of hydrogen-bond acceptors (Lipinski definition) is 5. The molecule has 0 bridgehead atoms. The minimum Gasteiger partial charge on any atom is -0.466 e. The molecule has 0 aliphatic heterocycles. The Morgan fingerprint density at radius 1 is 0.409 bits per heavy atom. The van der Waals surface area contributed by atoms with Crippen molar-refractivity contribution in [3.8, 4) is 0 Å². The Bertz CT molecular complexity index is 986. The third kappa shape index (κ3) is 52.0. The standard InChI is InChI=1S/C60H117NO5/c1-3-5-7-9-11-13-15-16-17-28-31-34-38-42-46-50-54-60(65)66-55-51-47-43-39-35-32-29-26-24-22-20-18-19-21-23-25-27-30-33-37-41-45-49-53-59(64)61-57(56-62)58(63)52-48-44-40-36-14-12-10-8-6-4-2/h48,52,57-58,62-63H,3-47,49-51,53-56H2,1-2H3,(H,61,64)/b52-48+. The van der Waals surface area contributed by atoms with Crippen molar-refractivity contribution in [3.63, 3.8) is 0 Å². The van der Waals surface area contributed by atoms with Crippen molar-refractivity contribution < 1.29 is 24.5 Å². The van der Waals surface area contributed by atoms with Crippen LogP contribution in [-0.4, -0.2) is 47.4 Å². The Balaban J connectivity index is 3.34. The summed E-state index contributed by atoms with van der Waals surface area (Å²) in [5, 5.41) is 23.0. The van der Waals surface area contributed by atoms with E-state index in [9.17, 15) is 19.8 Å². The van der Waals surface area contributed by atoms with Crippen molar-refractivity contribution in [2.75, 3.05) is 13.2 Å². The molecule has 0 aromatic heterocycles. The molecule has 2 atom stereocenters. The Labute approximate surface area is 412 Å². The average molecular weight is 933 g/mol. The third-order valence-electron chi connectivity index (χ3n) is 14.1. The van der Waals surface area contributed by atoms with Gasteiger partial charge in [-0.3, -0.25) is 9.59 Å². The first-order chi connectivity index (χ1) is 32.5. The van der Waals surface area contributed by atoms with Crippen molar-refractivity contribution in [1.29, 1.82) is 0 Å². The molecule has 0 rings (SSSR count). The predicted octanol–water partition coefficient (Wildman–Crippen LogP) is 18.5. The van der Waals surface area contributed by atoms with E-state index in [0.29, 0.717) is 19.4 Å². The summed E-state index contributed by atoms with van der Waals surface area (Å²) in [6.07, 6.45) is 66.8. The van der Waals surface area contributed by atoms with Gasteiger partial charge in [-0.05, 0) is 32.1 Å². The summed E-state index contributed by atoms with van der Waals surface area (Å²) in [7, 11) is 0. The summed E-state index contributed by atoms with van der Waals surface area (Å²) in [5.74, 6) is -0.0504. The van der Waals surface area contributed by atoms with Crippen LogP contribution in [0.1, 0.15) is 335 Å². The van der Waals surface area contributed by atoms with E-state index in [2.05, 4.69) is 19.2 Å². The topological polar surface area (TPSA) is 95.9 Å². The Morgan fingerprint density at radius 3 is 1.03 bits per heavy atom.